The van der Waals surface area contributed by atoms with Gasteiger partial charge < -0.3 is 9.32 Å². The van der Waals surface area contributed by atoms with E-state index in [1.54, 1.807) is 6.26 Å². The molecule has 0 radical (unpaired) electrons. The first kappa shape index (κ1) is 10.6. The Balaban J connectivity index is 1.70. The number of likely N-dealkylation sites (tertiary alicyclic amines) is 1. The summed E-state index contributed by atoms with van der Waals surface area (Å²) < 4.78 is 5.40. The Kier molecular flexibility index (Phi) is 2.73. The summed E-state index contributed by atoms with van der Waals surface area (Å²) in [5, 5.41) is 1.94. The lowest BCUT2D eigenvalue weighted by Crippen LogP contribution is -2.27. The third-order valence-corrected chi connectivity index (χ3v) is 4.01. The van der Waals surface area contributed by atoms with Gasteiger partial charge in [-0.1, -0.05) is 6.07 Å². The van der Waals surface area contributed by atoms with Crippen LogP contribution in [0.1, 0.15) is 27.8 Å². The Morgan fingerprint density at radius 2 is 2.35 bits per heavy atom. The Morgan fingerprint density at radius 1 is 1.41 bits per heavy atom. The lowest BCUT2D eigenvalue weighted by Gasteiger charge is -2.14. The molecule has 0 spiro atoms. The van der Waals surface area contributed by atoms with Crippen molar-refractivity contribution in [3.63, 3.8) is 0 Å². The van der Waals surface area contributed by atoms with Crippen LogP contribution in [0.3, 0.4) is 0 Å². The number of amides is 1. The van der Waals surface area contributed by atoms with E-state index in [0.29, 0.717) is 5.92 Å². The van der Waals surface area contributed by atoms with Gasteiger partial charge in [0, 0.05) is 19.0 Å². The zero-order valence-corrected chi connectivity index (χ0v) is 10.2. The van der Waals surface area contributed by atoms with Crippen molar-refractivity contribution in [1.82, 2.24) is 4.90 Å². The van der Waals surface area contributed by atoms with Crippen LogP contribution in [-0.2, 0) is 0 Å². The fourth-order valence-electron chi connectivity index (χ4n) is 2.26. The van der Waals surface area contributed by atoms with Gasteiger partial charge in [0.15, 0.2) is 0 Å². The van der Waals surface area contributed by atoms with E-state index in [1.807, 2.05) is 34.5 Å². The molecular weight excluding hydrogens is 234 g/mol. The standard InChI is InChI=1S/C13H13NO2S/c15-13(12-4-2-8-17-12)14-6-5-10(9-14)11-3-1-7-16-11/h1-4,7-8,10H,5-6,9H2. The molecule has 1 unspecified atom stereocenters. The van der Waals surface area contributed by atoms with Gasteiger partial charge in [-0.3, -0.25) is 4.79 Å². The van der Waals surface area contributed by atoms with Crippen molar-refractivity contribution in [2.75, 3.05) is 13.1 Å². The first-order valence-electron chi connectivity index (χ1n) is 5.71. The summed E-state index contributed by atoms with van der Waals surface area (Å²) in [6.07, 6.45) is 2.68. The van der Waals surface area contributed by atoms with E-state index in [4.69, 9.17) is 4.42 Å². The highest BCUT2D eigenvalue weighted by atomic mass is 32.1. The summed E-state index contributed by atoms with van der Waals surface area (Å²) >= 11 is 1.50. The Bertz CT molecular complexity index is 489. The molecular formula is C13H13NO2S. The number of thiophene rings is 1. The molecule has 3 rings (SSSR count). The number of hydrogen-bond acceptors (Lipinski definition) is 3. The van der Waals surface area contributed by atoms with E-state index in [0.717, 1.165) is 30.1 Å². The summed E-state index contributed by atoms with van der Waals surface area (Å²) in [7, 11) is 0. The maximum atomic E-state index is 12.1. The van der Waals surface area contributed by atoms with Gasteiger partial charge in [-0.2, -0.15) is 0 Å². The van der Waals surface area contributed by atoms with Crippen molar-refractivity contribution in [2.45, 2.75) is 12.3 Å². The minimum atomic E-state index is 0.147. The van der Waals surface area contributed by atoms with Gasteiger partial charge >= 0.3 is 0 Å². The minimum Gasteiger partial charge on any atom is -0.469 e. The third kappa shape index (κ3) is 2.00. The first-order valence-corrected chi connectivity index (χ1v) is 6.59. The van der Waals surface area contributed by atoms with Crippen LogP contribution in [0.5, 0.6) is 0 Å². The molecule has 3 nitrogen and oxygen atoms in total. The van der Waals surface area contributed by atoms with Crippen molar-refractivity contribution in [3.8, 4) is 0 Å². The second-order valence-corrected chi connectivity index (χ2v) is 5.18. The summed E-state index contributed by atoms with van der Waals surface area (Å²) in [6, 6.07) is 7.69. The molecule has 4 heteroatoms. The molecule has 0 aliphatic carbocycles. The van der Waals surface area contributed by atoms with Gasteiger partial charge in [-0.15, -0.1) is 11.3 Å². The van der Waals surface area contributed by atoms with E-state index in [1.165, 1.54) is 11.3 Å². The third-order valence-electron chi connectivity index (χ3n) is 3.15. The SMILES string of the molecule is O=C(c1cccs1)N1CCC(c2ccco2)C1. The van der Waals surface area contributed by atoms with Crippen LogP contribution in [0.15, 0.2) is 40.3 Å². The lowest BCUT2D eigenvalue weighted by atomic mass is 10.1. The molecule has 1 saturated heterocycles. The van der Waals surface area contributed by atoms with Crippen LogP contribution in [0, 0.1) is 0 Å². The largest absolute Gasteiger partial charge is 0.469 e. The molecule has 17 heavy (non-hydrogen) atoms. The molecule has 0 bridgehead atoms. The van der Waals surface area contributed by atoms with Gasteiger partial charge in [0.1, 0.15) is 5.76 Å². The molecule has 0 saturated carbocycles. The highest BCUT2D eigenvalue weighted by Gasteiger charge is 2.29. The van der Waals surface area contributed by atoms with Gasteiger partial charge in [0.2, 0.25) is 0 Å². The van der Waals surface area contributed by atoms with Crippen LogP contribution in [0.4, 0.5) is 0 Å². The zero-order valence-electron chi connectivity index (χ0n) is 9.33. The second-order valence-electron chi connectivity index (χ2n) is 4.23. The highest BCUT2D eigenvalue weighted by Crippen LogP contribution is 2.28. The van der Waals surface area contributed by atoms with Crippen molar-refractivity contribution in [3.05, 3.63) is 46.5 Å². The van der Waals surface area contributed by atoms with Crippen LogP contribution in [-0.4, -0.2) is 23.9 Å². The molecule has 2 aromatic heterocycles. The maximum Gasteiger partial charge on any atom is 0.263 e. The van der Waals surface area contributed by atoms with Crippen LogP contribution >= 0.6 is 11.3 Å². The predicted octanol–water partition coefficient (Wildman–Crippen LogP) is 2.97. The van der Waals surface area contributed by atoms with Gasteiger partial charge in [0.25, 0.3) is 5.91 Å². The Hall–Kier alpha value is -1.55. The number of carbonyl (C=O) groups excluding carboxylic acids is 1. The number of carbonyl (C=O) groups is 1. The molecule has 1 atom stereocenters. The van der Waals surface area contributed by atoms with Crippen LogP contribution in [0.25, 0.3) is 0 Å². The fourth-order valence-corrected chi connectivity index (χ4v) is 2.95. The zero-order chi connectivity index (χ0) is 11.7. The maximum absolute atomic E-state index is 12.1. The fraction of sp³-hybridized carbons (Fsp3) is 0.308. The monoisotopic (exact) mass is 247 g/mol. The summed E-state index contributed by atoms with van der Waals surface area (Å²) in [4.78, 5) is 14.9. The smallest absolute Gasteiger partial charge is 0.263 e. The highest BCUT2D eigenvalue weighted by molar-refractivity contribution is 7.12. The Morgan fingerprint density at radius 3 is 3.06 bits per heavy atom. The van der Waals surface area contributed by atoms with E-state index >= 15 is 0 Å². The van der Waals surface area contributed by atoms with E-state index < -0.39 is 0 Å². The summed E-state index contributed by atoms with van der Waals surface area (Å²) in [5.74, 6) is 1.49. The van der Waals surface area contributed by atoms with Crippen molar-refractivity contribution < 1.29 is 9.21 Å². The number of furan rings is 1. The normalized spacial score (nSPS) is 19.8. The minimum absolute atomic E-state index is 0.147. The average molecular weight is 247 g/mol. The van der Waals surface area contributed by atoms with Crippen molar-refractivity contribution in [1.29, 1.82) is 0 Å². The second kappa shape index (κ2) is 4.37. The molecule has 1 fully saturated rings. The quantitative estimate of drug-likeness (QED) is 0.817. The van der Waals surface area contributed by atoms with Crippen LogP contribution in [0.2, 0.25) is 0 Å². The average Bonchev–Trinajstić information content (AvgIpc) is 3.09. The van der Waals surface area contributed by atoms with Crippen LogP contribution < -0.4 is 0 Å². The first-order chi connectivity index (χ1) is 8.34. The van der Waals surface area contributed by atoms with Gasteiger partial charge in [0.05, 0.1) is 11.1 Å². The van der Waals surface area contributed by atoms with Gasteiger partial charge in [-0.05, 0) is 30.0 Å². The molecule has 1 amide bonds. The van der Waals surface area contributed by atoms with E-state index in [2.05, 4.69) is 0 Å². The molecule has 2 aromatic rings. The number of rotatable bonds is 2. The molecule has 3 heterocycles. The molecule has 88 valence electrons. The Labute approximate surface area is 104 Å². The van der Waals surface area contributed by atoms with Gasteiger partial charge in [-0.25, -0.2) is 0 Å². The number of hydrogen-bond donors (Lipinski definition) is 0. The van der Waals surface area contributed by atoms with E-state index in [-0.39, 0.29) is 5.91 Å². The predicted molar refractivity (Wildman–Crippen MR) is 66.3 cm³/mol. The lowest BCUT2D eigenvalue weighted by molar-refractivity contribution is 0.0795. The summed E-state index contributed by atoms with van der Waals surface area (Å²) in [6.45, 7) is 1.59. The topological polar surface area (TPSA) is 33.5 Å². The summed E-state index contributed by atoms with van der Waals surface area (Å²) in [5.41, 5.74) is 0. The molecule has 0 N–H and O–H groups in total. The van der Waals surface area contributed by atoms with Crippen molar-refractivity contribution >= 4 is 17.2 Å². The van der Waals surface area contributed by atoms with Crippen molar-refractivity contribution in [2.24, 2.45) is 0 Å². The molecule has 1 aliphatic rings. The molecule has 1 aliphatic heterocycles. The molecule has 0 aromatic carbocycles. The number of nitrogens with zero attached hydrogens (tertiary/aromatic N) is 1. The van der Waals surface area contributed by atoms with E-state index in [9.17, 15) is 4.79 Å².